The monoisotopic (exact) mass is 490 g/mol. The summed E-state index contributed by atoms with van der Waals surface area (Å²) in [5.74, 6) is 3.37. The maximum Gasteiger partial charge on any atom is 0.181 e. The Morgan fingerprint density at radius 1 is 1.17 bits per heavy atom. The topological polar surface area (TPSA) is 56.2 Å². The van der Waals surface area contributed by atoms with Crippen molar-refractivity contribution in [3.63, 3.8) is 0 Å². The fourth-order valence-electron chi connectivity index (χ4n) is 3.69. The van der Waals surface area contributed by atoms with E-state index < -0.39 is 0 Å². The van der Waals surface area contributed by atoms with Crippen LogP contribution >= 0.6 is 22.6 Å². The molecule has 0 saturated heterocycles. The van der Waals surface area contributed by atoms with Gasteiger partial charge in [0.25, 0.3) is 0 Å². The molecule has 5 rings (SSSR count). The van der Waals surface area contributed by atoms with E-state index in [0.717, 1.165) is 43.0 Å². The van der Waals surface area contributed by atoms with Crippen molar-refractivity contribution < 1.29 is 4.42 Å². The lowest BCUT2D eigenvalue weighted by Gasteiger charge is -2.13. The first kappa shape index (κ1) is 17.9. The maximum absolute atomic E-state index is 5.70. The summed E-state index contributed by atoms with van der Waals surface area (Å²) in [6.07, 6.45) is 10.6. The van der Waals surface area contributed by atoms with E-state index >= 15 is 0 Å². The van der Waals surface area contributed by atoms with Crippen LogP contribution in [0.4, 0.5) is 0 Å². The summed E-state index contributed by atoms with van der Waals surface area (Å²) in [5, 5.41) is 0. The molecule has 0 bridgehead atoms. The number of benzene rings is 2. The molecule has 0 saturated carbocycles. The van der Waals surface area contributed by atoms with Crippen LogP contribution in [-0.4, -0.2) is 20.2 Å². The predicted molar refractivity (Wildman–Crippen MR) is 120 cm³/mol. The van der Waals surface area contributed by atoms with Crippen LogP contribution in [0.5, 0.6) is 0 Å². The highest BCUT2D eigenvalue weighted by molar-refractivity contribution is 14.1. The highest BCUT2D eigenvalue weighted by atomic mass is 127. The Bertz CT molecular complexity index is 1290. The average molecular weight is 490 g/mol. The number of aliphatic imine (C=N–C) groups is 1. The largest absolute Gasteiger partial charge is 0.442 e. The van der Waals surface area contributed by atoms with Gasteiger partial charge in [0.2, 0.25) is 0 Å². The van der Waals surface area contributed by atoms with E-state index in [1.54, 1.807) is 6.20 Å². The number of aromatic nitrogens is 3. The Labute approximate surface area is 181 Å². The Morgan fingerprint density at radius 3 is 2.79 bits per heavy atom. The number of fused-ring (bicyclic) bond motifs is 3. The summed E-state index contributed by atoms with van der Waals surface area (Å²) < 4.78 is 8.73. The predicted octanol–water partition coefficient (Wildman–Crippen LogP) is 5.03. The van der Waals surface area contributed by atoms with Gasteiger partial charge in [-0.25, -0.2) is 9.97 Å². The Balaban J connectivity index is 1.83. The SMILES string of the molecule is C#Cc1ccc2c(c1)C(c1ccccc1I)=N[C@@H](C)c1c(-c3cnco3)ncn1-2. The van der Waals surface area contributed by atoms with E-state index in [-0.39, 0.29) is 6.04 Å². The van der Waals surface area contributed by atoms with Crippen LogP contribution in [0, 0.1) is 15.9 Å². The summed E-state index contributed by atoms with van der Waals surface area (Å²) in [4.78, 5) is 13.8. The molecule has 0 fully saturated rings. The molecule has 6 heteroatoms. The van der Waals surface area contributed by atoms with Crippen molar-refractivity contribution in [2.75, 3.05) is 0 Å². The Kier molecular flexibility index (Phi) is 4.32. The molecular weight excluding hydrogens is 475 g/mol. The molecule has 4 aromatic rings. The molecule has 0 N–H and O–H groups in total. The smallest absolute Gasteiger partial charge is 0.181 e. The van der Waals surface area contributed by atoms with Gasteiger partial charge in [0.15, 0.2) is 12.2 Å². The van der Waals surface area contributed by atoms with Crippen molar-refractivity contribution in [2.24, 2.45) is 4.99 Å². The number of oxazole rings is 1. The molecule has 1 aliphatic heterocycles. The number of rotatable bonds is 2. The summed E-state index contributed by atoms with van der Waals surface area (Å²) in [5.41, 5.74) is 6.48. The summed E-state index contributed by atoms with van der Waals surface area (Å²) in [6.45, 7) is 2.07. The van der Waals surface area contributed by atoms with Gasteiger partial charge in [0, 0.05) is 20.3 Å². The third-order valence-corrected chi connectivity index (χ3v) is 5.94. The van der Waals surface area contributed by atoms with Crippen LogP contribution in [0.15, 0.2) is 70.8 Å². The minimum absolute atomic E-state index is 0.148. The molecule has 0 amide bonds. The molecule has 1 aliphatic rings. The van der Waals surface area contributed by atoms with Crippen molar-refractivity contribution >= 4 is 28.3 Å². The van der Waals surface area contributed by atoms with E-state index in [1.807, 2.05) is 36.7 Å². The third kappa shape index (κ3) is 2.89. The lowest BCUT2D eigenvalue weighted by molar-refractivity contribution is 0.568. The fraction of sp³-hybridized carbons (Fsp3) is 0.0870. The first-order valence-electron chi connectivity index (χ1n) is 9.07. The van der Waals surface area contributed by atoms with E-state index in [2.05, 4.69) is 62.1 Å². The zero-order valence-corrected chi connectivity index (χ0v) is 17.7. The summed E-state index contributed by atoms with van der Waals surface area (Å²) >= 11 is 2.35. The van der Waals surface area contributed by atoms with E-state index in [0.29, 0.717) is 5.76 Å². The van der Waals surface area contributed by atoms with E-state index in [1.165, 1.54) is 6.39 Å². The summed E-state index contributed by atoms with van der Waals surface area (Å²) in [6, 6.07) is 14.1. The second-order valence-electron chi connectivity index (χ2n) is 6.72. The van der Waals surface area contributed by atoms with Gasteiger partial charge >= 0.3 is 0 Å². The molecular formula is C23H15IN4O. The molecule has 5 nitrogen and oxygen atoms in total. The van der Waals surface area contributed by atoms with Crippen molar-refractivity contribution in [1.29, 1.82) is 0 Å². The Morgan fingerprint density at radius 2 is 2.03 bits per heavy atom. The van der Waals surface area contributed by atoms with Crippen LogP contribution in [0.1, 0.15) is 35.3 Å². The Hall–Kier alpha value is -3.18. The van der Waals surface area contributed by atoms with Crippen molar-refractivity contribution in [3.8, 4) is 29.5 Å². The second-order valence-corrected chi connectivity index (χ2v) is 7.89. The van der Waals surface area contributed by atoms with Crippen molar-refractivity contribution in [1.82, 2.24) is 14.5 Å². The minimum Gasteiger partial charge on any atom is -0.442 e. The molecule has 0 unspecified atom stereocenters. The zero-order valence-electron chi connectivity index (χ0n) is 15.5. The summed E-state index contributed by atoms with van der Waals surface area (Å²) in [7, 11) is 0. The first-order chi connectivity index (χ1) is 14.2. The molecule has 0 spiro atoms. The van der Waals surface area contributed by atoms with Crippen molar-refractivity contribution in [3.05, 3.63) is 87.3 Å². The minimum atomic E-state index is -0.148. The van der Waals surface area contributed by atoms with Crippen molar-refractivity contribution in [2.45, 2.75) is 13.0 Å². The molecule has 140 valence electrons. The lowest BCUT2D eigenvalue weighted by atomic mass is 9.98. The van der Waals surface area contributed by atoms with Gasteiger partial charge in [-0.1, -0.05) is 24.1 Å². The molecule has 3 heterocycles. The molecule has 2 aromatic carbocycles. The van der Waals surface area contributed by atoms with Crippen LogP contribution in [-0.2, 0) is 0 Å². The van der Waals surface area contributed by atoms with Gasteiger partial charge in [-0.15, -0.1) is 6.42 Å². The van der Waals surface area contributed by atoms with Gasteiger partial charge in [0.05, 0.1) is 29.3 Å². The third-order valence-electron chi connectivity index (χ3n) is 5.00. The first-order valence-corrected chi connectivity index (χ1v) is 10.2. The van der Waals surface area contributed by atoms with Gasteiger partial charge in [-0.3, -0.25) is 9.56 Å². The standard InChI is InChI=1S/C23H15IN4O/c1-3-15-8-9-19-17(10-15)21(16-6-4-5-7-18(16)24)27-14(2)23-22(26-12-28(19)23)20-11-25-13-29-20/h1,4-14H,2H3/t14-/m0/s1. The highest BCUT2D eigenvalue weighted by Gasteiger charge is 2.28. The molecule has 0 aliphatic carbocycles. The van der Waals surface area contributed by atoms with Gasteiger partial charge in [-0.05, 0) is 53.8 Å². The van der Waals surface area contributed by atoms with Gasteiger partial charge in [0.1, 0.15) is 12.0 Å². The van der Waals surface area contributed by atoms with Crippen LogP contribution in [0.25, 0.3) is 17.1 Å². The number of terminal acetylenes is 1. The van der Waals surface area contributed by atoms with E-state index in [9.17, 15) is 0 Å². The molecule has 29 heavy (non-hydrogen) atoms. The van der Waals surface area contributed by atoms with Crippen LogP contribution in [0.2, 0.25) is 0 Å². The van der Waals surface area contributed by atoms with E-state index in [4.69, 9.17) is 15.8 Å². The molecule has 0 radical (unpaired) electrons. The lowest BCUT2D eigenvalue weighted by Crippen LogP contribution is -2.09. The van der Waals surface area contributed by atoms with Crippen LogP contribution < -0.4 is 0 Å². The quantitative estimate of drug-likeness (QED) is 0.293. The molecule has 1 atom stereocenters. The molecule has 2 aromatic heterocycles. The number of hydrogen-bond donors (Lipinski definition) is 0. The average Bonchev–Trinajstić information content (AvgIpc) is 3.39. The number of nitrogens with zero attached hydrogens (tertiary/aromatic N) is 4. The highest BCUT2D eigenvalue weighted by Crippen LogP contribution is 2.36. The number of halogens is 1. The fourth-order valence-corrected chi connectivity index (χ4v) is 4.33. The number of imidazole rings is 1. The maximum atomic E-state index is 5.70. The normalized spacial score (nSPS) is 15.1. The van der Waals surface area contributed by atoms with Gasteiger partial charge < -0.3 is 4.42 Å². The number of hydrogen-bond acceptors (Lipinski definition) is 4. The van der Waals surface area contributed by atoms with Gasteiger partial charge in [-0.2, -0.15) is 0 Å². The zero-order chi connectivity index (χ0) is 20.0. The van der Waals surface area contributed by atoms with Crippen LogP contribution in [0.3, 0.4) is 0 Å². The second kappa shape index (κ2) is 7.01.